The van der Waals surface area contributed by atoms with E-state index in [0.717, 1.165) is 4.90 Å². The van der Waals surface area contributed by atoms with Crippen molar-refractivity contribution < 1.29 is 9.53 Å². The minimum atomic E-state index is -2.33. The molecule has 1 amide bonds. The highest BCUT2D eigenvalue weighted by Gasteiger charge is 2.60. The Labute approximate surface area is 265 Å². The first-order chi connectivity index (χ1) is 20.4. The third kappa shape index (κ3) is 4.80. The van der Waals surface area contributed by atoms with Gasteiger partial charge in [-0.05, 0) is 59.1 Å². The van der Waals surface area contributed by atoms with Gasteiger partial charge in [-0.1, -0.05) is 0 Å². The van der Waals surface area contributed by atoms with Crippen molar-refractivity contribution in [1.29, 1.82) is 5.26 Å². The summed E-state index contributed by atoms with van der Waals surface area (Å²) in [6.07, 6.45) is 4.27. The van der Waals surface area contributed by atoms with Gasteiger partial charge in [-0.2, -0.15) is 10.2 Å². The number of likely N-dealkylation sites (N-methyl/N-ethyl adjacent to an activating group) is 1. The Morgan fingerprint density at radius 3 is 2.16 bits per heavy atom. The number of nitrogens with zero attached hydrogens (tertiary/aromatic N) is 8. The Kier molecular flexibility index (Phi) is 7.52. The predicted octanol–water partition coefficient (Wildman–Crippen LogP) is -1.17. The molecule has 1 N–H and O–H groups in total. The average Bonchev–Trinajstić information content (AvgIpc) is 3.33. The molecule has 0 atom stereocenters. The molecule has 4 aromatic rings. The van der Waals surface area contributed by atoms with Gasteiger partial charge in [0.05, 0.1) is 86.5 Å². The highest BCUT2D eigenvalue weighted by atomic mass is 16.5. The minimum Gasteiger partial charge on any atom is -0.437 e. The summed E-state index contributed by atoms with van der Waals surface area (Å²) in [5, 5.41) is 3.30. The summed E-state index contributed by atoms with van der Waals surface area (Å²) in [5.74, 6) is 0.0748. The van der Waals surface area contributed by atoms with E-state index < -0.39 is 27.3 Å². The molecule has 198 valence electrons. The van der Waals surface area contributed by atoms with Crippen LogP contribution in [-0.2, 0) is 7.05 Å². The average molecular weight is 562 g/mol. The van der Waals surface area contributed by atoms with E-state index in [4.69, 9.17) is 72.8 Å². The summed E-state index contributed by atoms with van der Waals surface area (Å²) in [4.78, 5) is 32.7. The van der Waals surface area contributed by atoms with Crippen molar-refractivity contribution in [2.24, 2.45) is 7.05 Å². The molecule has 44 heavy (non-hydrogen) atoms. The molecule has 11 nitrogen and oxygen atoms in total. The lowest BCUT2D eigenvalue weighted by atomic mass is 9.26. The second-order valence-corrected chi connectivity index (χ2v) is 10.6. The van der Waals surface area contributed by atoms with Crippen molar-refractivity contribution in [2.75, 3.05) is 12.4 Å². The Bertz CT molecular complexity index is 1790. The topological polar surface area (TPSA) is 125 Å². The molecule has 4 aromatic heterocycles. The number of anilines is 2. The van der Waals surface area contributed by atoms with Crippen molar-refractivity contribution in [2.45, 2.75) is 28.3 Å². The van der Waals surface area contributed by atoms with Crippen LogP contribution in [0.25, 0.3) is 11.2 Å². The predicted molar refractivity (Wildman–Crippen MR) is 171 cm³/mol. The van der Waals surface area contributed by atoms with Gasteiger partial charge in [-0.15, -0.1) is 0 Å². The molecule has 1 aliphatic rings. The first kappa shape index (κ1) is 31.4. The molecule has 1 aliphatic heterocycles. The normalized spacial score (nSPS) is 18.4. The lowest BCUT2D eigenvalue weighted by Crippen LogP contribution is -2.91. The van der Waals surface area contributed by atoms with Crippen LogP contribution in [0, 0.1) is 18.3 Å². The third-order valence-corrected chi connectivity index (χ3v) is 7.65. The summed E-state index contributed by atoms with van der Waals surface area (Å²) in [6, 6.07) is 8.14. The molecule has 0 aromatic carbocycles. The fraction of sp³-hybridized carbons (Fsp3) is 0.280. The van der Waals surface area contributed by atoms with E-state index in [0.29, 0.717) is 38.9 Å². The molecule has 16 radical (unpaired) electrons. The largest absolute Gasteiger partial charge is 0.437 e. The van der Waals surface area contributed by atoms with E-state index in [1.807, 2.05) is 6.07 Å². The number of carbonyl (C=O) groups is 1. The monoisotopic (exact) mass is 563 g/mol. The summed E-state index contributed by atoms with van der Waals surface area (Å²) in [5.41, 5.74) is 2.45. The molecule has 1 fully saturated rings. The van der Waals surface area contributed by atoms with Crippen LogP contribution in [0.2, 0.25) is 0 Å². The SMILES string of the molecule is [B]C1([B])N(C)C([B])([B])C([B])([B])N(C(=O)c2ccc(Nc3cc(Oc4cnc(C#N)cc4C)nc4c3ncn4C)nc2)C1([B])[B]. The van der Waals surface area contributed by atoms with Gasteiger partial charge in [0, 0.05) is 19.3 Å². The Morgan fingerprint density at radius 1 is 0.932 bits per heavy atom. The molecule has 0 bridgehead atoms. The maximum Gasteiger partial charge on any atom is 0.253 e. The van der Waals surface area contributed by atoms with Crippen LogP contribution >= 0.6 is 0 Å². The molecule has 0 aliphatic carbocycles. The Hall–Kier alpha value is -4.04. The highest BCUT2D eigenvalue weighted by Crippen LogP contribution is 2.42. The van der Waals surface area contributed by atoms with Gasteiger partial charge in [-0.25, -0.2) is 15.0 Å². The minimum absolute atomic E-state index is 0.0298. The van der Waals surface area contributed by atoms with Gasteiger partial charge in [0.2, 0.25) is 5.88 Å². The zero-order valence-electron chi connectivity index (χ0n) is 24.1. The number of aromatic nitrogens is 5. The van der Waals surface area contributed by atoms with Crippen molar-refractivity contribution in [3.05, 3.63) is 59.8 Å². The van der Waals surface area contributed by atoms with Crippen LogP contribution in [0.15, 0.2) is 43.0 Å². The van der Waals surface area contributed by atoms with Crippen LogP contribution < -0.4 is 10.1 Å². The maximum absolute atomic E-state index is 13.7. The number of rotatable bonds is 5. The summed E-state index contributed by atoms with van der Waals surface area (Å²) in [7, 11) is 52.8. The van der Waals surface area contributed by atoms with E-state index >= 15 is 0 Å². The number of piperazine rings is 1. The van der Waals surface area contributed by atoms with E-state index in [1.165, 1.54) is 31.6 Å². The fourth-order valence-electron chi connectivity index (χ4n) is 4.75. The number of aryl methyl sites for hydroxylation is 2. The molecule has 0 spiro atoms. The number of nitrogens with one attached hydrogen (secondary N) is 1. The number of fused-ring (bicyclic) bond motifs is 1. The van der Waals surface area contributed by atoms with Crippen molar-refractivity contribution in [3.63, 3.8) is 0 Å². The Balaban J connectivity index is 1.45. The number of amides is 1. The van der Waals surface area contributed by atoms with Crippen LogP contribution in [0.1, 0.15) is 21.6 Å². The molecular formula is C25H17B8N9O2. The zero-order valence-corrected chi connectivity index (χ0v) is 24.1. The summed E-state index contributed by atoms with van der Waals surface area (Å²) < 4.78 is 7.70. The lowest BCUT2D eigenvalue weighted by Gasteiger charge is -2.74. The second kappa shape index (κ2) is 10.5. The van der Waals surface area contributed by atoms with Crippen molar-refractivity contribution >= 4 is 91.3 Å². The van der Waals surface area contributed by atoms with E-state index in [-0.39, 0.29) is 17.1 Å². The van der Waals surface area contributed by atoms with Gasteiger partial charge >= 0.3 is 0 Å². The standard InChI is InChI=1S/C25H17B8N9O2/c1-12-6-14(8-34)35-10-16(12)44-18-7-15(19-20(39-18)40(2)11-37-19)38-17-5-4-13(9-36-17)21(43)42-24(30,31)22(26,27)41(3)23(28,29)25(42,32)33/h4-7,9-11H,1-3H3,(H,36,38,39). The van der Waals surface area contributed by atoms with Crippen LogP contribution in [-0.4, -0.2) is 131 Å². The molecule has 1 saturated heterocycles. The first-order valence-electron chi connectivity index (χ1n) is 12.9. The number of ether oxygens (including phenoxy) is 1. The Morgan fingerprint density at radius 2 is 1.59 bits per heavy atom. The van der Waals surface area contributed by atoms with Gasteiger partial charge in [0.1, 0.15) is 23.1 Å². The molecule has 19 heteroatoms. The van der Waals surface area contributed by atoms with E-state index in [1.54, 1.807) is 37.0 Å². The number of nitriles is 1. The number of hydrogen-bond donors (Lipinski definition) is 1. The van der Waals surface area contributed by atoms with Crippen LogP contribution in [0.5, 0.6) is 11.6 Å². The summed E-state index contributed by atoms with van der Waals surface area (Å²) >= 11 is 0. The zero-order chi connectivity index (χ0) is 32.4. The quantitative estimate of drug-likeness (QED) is 0.300. The van der Waals surface area contributed by atoms with Crippen molar-refractivity contribution in [3.8, 4) is 17.7 Å². The number of hydrogen-bond acceptors (Lipinski definition) is 9. The van der Waals surface area contributed by atoms with Gasteiger partial charge in [-0.3, -0.25) is 4.79 Å². The van der Waals surface area contributed by atoms with Crippen molar-refractivity contribution in [1.82, 2.24) is 34.3 Å². The van der Waals surface area contributed by atoms with Crippen LogP contribution in [0.3, 0.4) is 0 Å². The second-order valence-electron chi connectivity index (χ2n) is 10.6. The maximum atomic E-state index is 13.7. The number of imidazole rings is 1. The first-order valence-corrected chi connectivity index (χ1v) is 12.9. The van der Waals surface area contributed by atoms with Gasteiger partial charge < -0.3 is 24.4 Å². The van der Waals surface area contributed by atoms with E-state index in [9.17, 15) is 4.79 Å². The third-order valence-electron chi connectivity index (χ3n) is 7.65. The molecule has 0 saturated carbocycles. The smallest absolute Gasteiger partial charge is 0.253 e. The molecule has 5 heterocycles. The molecular weight excluding hydrogens is 545 g/mol. The number of carbonyl (C=O) groups excluding carboxylic acids is 1. The van der Waals surface area contributed by atoms with Crippen LogP contribution in [0.4, 0.5) is 11.5 Å². The lowest BCUT2D eigenvalue weighted by molar-refractivity contribution is 0.00268. The highest BCUT2D eigenvalue weighted by molar-refractivity contribution is 6.61. The fourth-order valence-corrected chi connectivity index (χ4v) is 4.75. The molecule has 0 unspecified atom stereocenters. The molecule has 5 rings (SSSR count). The van der Waals surface area contributed by atoms with Gasteiger partial charge in [0.25, 0.3) is 5.91 Å². The number of pyridine rings is 3. The van der Waals surface area contributed by atoms with E-state index in [2.05, 4.69) is 25.3 Å². The van der Waals surface area contributed by atoms with Gasteiger partial charge in [0.15, 0.2) is 11.4 Å². The summed E-state index contributed by atoms with van der Waals surface area (Å²) in [6.45, 7) is 1.79.